The van der Waals surface area contributed by atoms with Gasteiger partial charge in [0.1, 0.15) is 0 Å². The molecule has 2 N–H and O–H groups in total. The molecule has 1 saturated heterocycles. The Balaban J connectivity index is 2.02. The largest absolute Gasteiger partial charge is 0.389 e. The van der Waals surface area contributed by atoms with E-state index in [4.69, 9.17) is 0 Å². The van der Waals surface area contributed by atoms with Crippen LogP contribution in [0.5, 0.6) is 0 Å². The van der Waals surface area contributed by atoms with Gasteiger partial charge in [-0.3, -0.25) is 0 Å². The van der Waals surface area contributed by atoms with E-state index in [2.05, 4.69) is 19.2 Å². The Morgan fingerprint density at radius 1 is 1.40 bits per heavy atom. The van der Waals surface area contributed by atoms with Crippen molar-refractivity contribution < 1.29 is 9.90 Å². The molecule has 4 nitrogen and oxygen atoms in total. The van der Waals surface area contributed by atoms with Gasteiger partial charge in [-0.1, -0.05) is 26.0 Å². The summed E-state index contributed by atoms with van der Waals surface area (Å²) in [4.78, 5) is 14.1. The number of rotatable bonds is 2. The maximum absolute atomic E-state index is 12.3. The Morgan fingerprint density at radius 2 is 2.05 bits per heavy atom. The maximum atomic E-state index is 12.3. The molecule has 5 heteroatoms. The van der Waals surface area contributed by atoms with E-state index < -0.39 is 6.10 Å². The van der Waals surface area contributed by atoms with Gasteiger partial charge in [0, 0.05) is 29.3 Å². The number of urea groups is 1. The first-order valence-corrected chi connectivity index (χ1v) is 7.89. The molecule has 3 unspecified atom stereocenters. The molecule has 0 bridgehead atoms. The van der Waals surface area contributed by atoms with Gasteiger partial charge in [0.05, 0.1) is 6.10 Å². The highest BCUT2D eigenvalue weighted by Crippen LogP contribution is 2.25. The smallest absolute Gasteiger partial charge is 0.321 e. The zero-order valence-corrected chi connectivity index (χ0v) is 13.0. The summed E-state index contributed by atoms with van der Waals surface area (Å²) in [6, 6.07) is 7.28. The third kappa shape index (κ3) is 3.90. The van der Waals surface area contributed by atoms with Crippen molar-refractivity contribution in [3.8, 4) is 0 Å². The molecule has 110 valence electrons. The van der Waals surface area contributed by atoms with Crippen molar-refractivity contribution in [3.63, 3.8) is 0 Å². The van der Waals surface area contributed by atoms with Crippen LogP contribution in [0.1, 0.15) is 32.4 Å². The van der Waals surface area contributed by atoms with E-state index in [1.807, 2.05) is 40.9 Å². The molecule has 0 aromatic heterocycles. The first-order valence-electron chi connectivity index (χ1n) is 6.95. The van der Waals surface area contributed by atoms with Gasteiger partial charge in [-0.2, -0.15) is 11.8 Å². The molecule has 0 radical (unpaired) electrons. The lowest BCUT2D eigenvalue weighted by atomic mass is 10.1. The third-order valence-corrected chi connectivity index (χ3v) is 4.55. The first kappa shape index (κ1) is 15.2. The molecule has 1 fully saturated rings. The minimum Gasteiger partial charge on any atom is -0.389 e. The fraction of sp³-hybridized carbons (Fsp3) is 0.533. The quantitative estimate of drug-likeness (QED) is 0.881. The number of anilines is 1. The van der Waals surface area contributed by atoms with E-state index in [1.165, 1.54) is 0 Å². The molecule has 1 aromatic rings. The standard InChI is InChI=1S/C15H22N2O2S/c1-10-8-17(9-11(2)20-10)15(19)16-14-6-4-5-13(7-14)12(3)18/h4-7,10-12,18H,8-9H2,1-3H3,(H,16,19). The molecule has 1 aliphatic rings. The van der Waals surface area contributed by atoms with E-state index >= 15 is 0 Å². The molecule has 0 aliphatic carbocycles. The lowest BCUT2D eigenvalue weighted by Crippen LogP contribution is -2.46. The molecule has 3 atom stereocenters. The predicted octanol–water partition coefficient (Wildman–Crippen LogP) is 3.10. The van der Waals surface area contributed by atoms with Crippen molar-refractivity contribution in [2.75, 3.05) is 18.4 Å². The van der Waals surface area contributed by atoms with Crippen LogP contribution in [0.25, 0.3) is 0 Å². The van der Waals surface area contributed by atoms with Crippen LogP contribution < -0.4 is 5.32 Å². The van der Waals surface area contributed by atoms with Gasteiger partial charge in [-0.05, 0) is 24.6 Å². The van der Waals surface area contributed by atoms with Crippen LogP contribution in [0, 0.1) is 0 Å². The van der Waals surface area contributed by atoms with Gasteiger partial charge in [-0.15, -0.1) is 0 Å². The molecule has 0 saturated carbocycles. The monoisotopic (exact) mass is 294 g/mol. The highest BCUT2D eigenvalue weighted by atomic mass is 32.2. The molecule has 1 aromatic carbocycles. The van der Waals surface area contributed by atoms with Gasteiger partial charge >= 0.3 is 6.03 Å². The average Bonchev–Trinajstić information content (AvgIpc) is 2.37. The summed E-state index contributed by atoms with van der Waals surface area (Å²) in [6.45, 7) is 7.56. The van der Waals surface area contributed by atoms with Crippen molar-refractivity contribution in [1.29, 1.82) is 0 Å². The Morgan fingerprint density at radius 3 is 2.65 bits per heavy atom. The normalized spacial score (nSPS) is 24.3. The zero-order valence-electron chi connectivity index (χ0n) is 12.2. The van der Waals surface area contributed by atoms with Crippen LogP contribution in [0.3, 0.4) is 0 Å². The summed E-state index contributed by atoms with van der Waals surface area (Å²) in [7, 11) is 0. The number of aliphatic hydroxyl groups excluding tert-OH is 1. The number of amides is 2. The summed E-state index contributed by atoms with van der Waals surface area (Å²) >= 11 is 1.92. The number of nitrogens with one attached hydrogen (secondary N) is 1. The highest BCUT2D eigenvalue weighted by molar-refractivity contribution is 8.00. The van der Waals surface area contributed by atoms with Gasteiger partial charge in [0.2, 0.25) is 0 Å². The molecule has 2 amide bonds. The van der Waals surface area contributed by atoms with Crippen molar-refractivity contribution in [3.05, 3.63) is 29.8 Å². The summed E-state index contributed by atoms with van der Waals surface area (Å²) in [5, 5.41) is 13.4. The lowest BCUT2D eigenvalue weighted by Gasteiger charge is -2.34. The molecular formula is C15H22N2O2S. The number of nitrogens with zero attached hydrogens (tertiary/aromatic N) is 1. The number of carbonyl (C=O) groups is 1. The fourth-order valence-corrected chi connectivity index (χ4v) is 3.75. The zero-order chi connectivity index (χ0) is 14.7. The second-order valence-electron chi connectivity index (χ2n) is 5.39. The second-order valence-corrected chi connectivity index (χ2v) is 7.28. The van der Waals surface area contributed by atoms with Crippen molar-refractivity contribution in [2.45, 2.75) is 37.4 Å². The predicted molar refractivity (Wildman–Crippen MR) is 84.2 cm³/mol. The fourth-order valence-electron chi connectivity index (χ4n) is 2.42. The van der Waals surface area contributed by atoms with Crippen molar-refractivity contribution in [2.24, 2.45) is 0 Å². The number of aliphatic hydroxyl groups is 1. The third-order valence-electron chi connectivity index (χ3n) is 3.33. The molecule has 1 heterocycles. The van der Waals surface area contributed by atoms with Crippen molar-refractivity contribution in [1.82, 2.24) is 4.90 Å². The summed E-state index contributed by atoms with van der Waals surface area (Å²) in [5.41, 5.74) is 1.53. The van der Waals surface area contributed by atoms with Crippen LogP contribution in [0.15, 0.2) is 24.3 Å². The lowest BCUT2D eigenvalue weighted by molar-refractivity contribution is 0.199. The van der Waals surface area contributed by atoms with E-state index in [1.54, 1.807) is 6.92 Å². The molecule has 1 aliphatic heterocycles. The number of benzene rings is 1. The van der Waals surface area contributed by atoms with E-state index in [0.717, 1.165) is 24.3 Å². The van der Waals surface area contributed by atoms with Crippen LogP contribution in [0.4, 0.5) is 10.5 Å². The van der Waals surface area contributed by atoms with E-state index in [0.29, 0.717) is 10.5 Å². The van der Waals surface area contributed by atoms with Gasteiger partial charge in [0.15, 0.2) is 0 Å². The molecular weight excluding hydrogens is 272 g/mol. The molecule has 0 spiro atoms. The van der Waals surface area contributed by atoms with Crippen LogP contribution in [-0.2, 0) is 0 Å². The number of thioether (sulfide) groups is 1. The van der Waals surface area contributed by atoms with Crippen LogP contribution >= 0.6 is 11.8 Å². The number of hydrogen-bond acceptors (Lipinski definition) is 3. The minimum absolute atomic E-state index is 0.0632. The Hall–Kier alpha value is -1.20. The van der Waals surface area contributed by atoms with Crippen molar-refractivity contribution >= 4 is 23.5 Å². The molecule has 2 rings (SSSR count). The van der Waals surface area contributed by atoms with Crippen LogP contribution in [0.2, 0.25) is 0 Å². The van der Waals surface area contributed by atoms with Gasteiger partial charge < -0.3 is 15.3 Å². The van der Waals surface area contributed by atoms with E-state index in [-0.39, 0.29) is 6.03 Å². The summed E-state index contributed by atoms with van der Waals surface area (Å²) < 4.78 is 0. The Bertz CT molecular complexity index is 469. The Kier molecular flexibility index (Phi) is 4.94. The molecule has 20 heavy (non-hydrogen) atoms. The SMILES string of the molecule is CC1CN(C(=O)Nc2cccc(C(C)O)c2)CC(C)S1. The second kappa shape index (κ2) is 6.50. The number of carbonyl (C=O) groups excluding carboxylic acids is 1. The average molecular weight is 294 g/mol. The van der Waals surface area contributed by atoms with Gasteiger partial charge in [-0.25, -0.2) is 4.79 Å². The topological polar surface area (TPSA) is 52.6 Å². The minimum atomic E-state index is -0.529. The van der Waals surface area contributed by atoms with Gasteiger partial charge in [0.25, 0.3) is 0 Å². The summed E-state index contributed by atoms with van der Waals surface area (Å²) in [5.74, 6) is 0. The highest BCUT2D eigenvalue weighted by Gasteiger charge is 2.25. The number of hydrogen-bond donors (Lipinski definition) is 2. The van der Waals surface area contributed by atoms with E-state index in [9.17, 15) is 9.90 Å². The Labute approximate surface area is 124 Å². The van der Waals surface area contributed by atoms with Crippen LogP contribution in [-0.4, -0.2) is 39.6 Å². The first-order chi connectivity index (χ1) is 9.45. The summed E-state index contributed by atoms with van der Waals surface area (Å²) in [6.07, 6.45) is -0.529. The maximum Gasteiger partial charge on any atom is 0.321 e.